The van der Waals surface area contributed by atoms with E-state index in [1.807, 2.05) is 24.3 Å². The summed E-state index contributed by atoms with van der Waals surface area (Å²) >= 11 is 0. The van der Waals surface area contributed by atoms with Crippen LogP contribution in [-0.4, -0.2) is 16.0 Å². The predicted octanol–water partition coefficient (Wildman–Crippen LogP) is 9.40. The molecule has 3 saturated carbocycles. The quantitative estimate of drug-likeness (QED) is 0.252. The summed E-state index contributed by atoms with van der Waals surface area (Å²) in [4.78, 5) is 11.3. The lowest BCUT2D eigenvalue weighted by atomic mass is 9.62. The monoisotopic (exact) mass is 542 g/mol. The zero-order valence-corrected chi connectivity index (χ0v) is 23.2. The number of hydrogen-bond acceptors (Lipinski definition) is 2. The molecule has 40 heavy (non-hydrogen) atoms. The molecular weight excluding hydrogens is 509 g/mol. The molecule has 2 N–H and O–H groups in total. The number of anilines is 1. The molecule has 7 heteroatoms. The van der Waals surface area contributed by atoms with E-state index in [2.05, 4.69) is 47.8 Å². The Kier molecular flexibility index (Phi) is 6.40. The van der Waals surface area contributed by atoms with E-state index in [1.165, 1.54) is 25.1 Å². The van der Waals surface area contributed by atoms with Crippen molar-refractivity contribution in [1.82, 2.24) is 9.97 Å². The summed E-state index contributed by atoms with van der Waals surface area (Å²) in [6.07, 6.45) is 6.11. The molecule has 0 radical (unpaired) electrons. The van der Waals surface area contributed by atoms with Gasteiger partial charge in [0, 0.05) is 34.8 Å². The number of rotatable bonds is 4. The molecule has 0 spiro atoms. The van der Waals surface area contributed by atoms with Crippen molar-refractivity contribution in [3.05, 3.63) is 77.0 Å². The Morgan fingerprint density at radius 1 is 1.00 bits per heavy atom. The van der Waals surface area contributed by atoms with Crippen LogP contribution in [0, 0.1) is 41.8 Å². The number of benzene rings is 2. The molecule has 4 aromatic rings. The van der Waals surface area contributed by atoms with Gasteiger partial charge in [-0.15, -0.1) is 0 Å². The third-order valence-corrected chi connectivity index (χ3v) is 9.16. The van der Waals surface area contributed by atoms with E-state index in [9.17, 15) is 8.78 Å². The molecule has 3 fully saturated rings. The summed E-state index contributed by atoms with van der Waals surface area (Å²) < 4.78 is 45.4. The largest absolute Gasteiger partial charge is 0.364 e. The molecule has 0 saturated heterocycles. The average Bonchev–Trinajstić information content (AvgIpc) is 3.35. The minimum Gasteiger partial charge on any atom is -0.364 e. The first-order chi connectivity index (χ1) is 19.1. The summed E-state index contributed by atoms with van der Waals surface area (Å²) in [5.41, 5.74) is 2.36. The zero-order valence-electron chi connectivity index (χ0n) is 23.2. The van der Waals surface area contributed by atoms with Crippen LogP contribution in [0.25, 0.3) is 38.1 Å². The highest BCUT2D eigenvalue weighted by Gasteiger charge is 2.42. The Labute approximate surface area is 232 Å². The van der Waals surface area contributed by atoms with Gasteiger partial charge in [0.1, 0.15) is 11.6 Å². The van der Waals surface area contributed by atoms with E-state index in [4.69, 9.17) is 6.57 Å². The fraction of sp³-hybridized carbons (Fsp3) is 0.394. The molecule has 3 aliphatic rings. The van der Waals surface area contributed by atoms with Crippen molar-refractivity contribution in [2.45, 2.75) is 64.8 Å². The lowest BCUT2D eigenvalue weighted by Crippen LogP contribution is -2.47. The molecule has 2 atom stereocenters. The first-order valence-electron chi connectivity index (χ1n) is 14.0. The Balaban J connectivity index is 1.57. The lowest BCUT2D eigenvalue weighted by Gasteiger charge is -2.47. The summed E-state index contributed by atoms with van der Waals surface area (Å²) in [5.74, 6) is -0.593. The van der Waals surface area contributed by atoms with E-state index >= 15 is 4.39 Å². The molecule has 0 aliphatic heterocycles. The van der Waals surface area contributed by atoms with Gasteiger partial charge in [0.2, 0.25) is 5.69 Å². The van der Waals surface area contributed by atoms with E-state index in [-0.39, 0.29) is 45.1 Å². The van der Waals surface area contributed by atoms with Crippen LogP contribution >= 0.6 is 0 Å². The van der Waals surface area contributed by atoms with Crippen LogP contribution in [0.3, 0.4) is 0 Å². The molecule has 206 valence electrons. The molecule has 7 rings (SSSR count). The highest BCUT2D eigenvalue weighted by Crippen LogP contribution is 2.48. The van der Waals surface area contributed by atoms with Gasteiger partial charge in [0.15, 0.2) is 11.6 Å². The summed E-state index contributed by atoms with van der Waals surface area (Å²) in [6.45, 7) is 16.6. The third-order valence-electron chi connectivity index (χ3n) is 9.16. The van der Waals surface area contributed by atoms with Crippen molar-refractivity contribution in [1.29, 1.82) is 0 Å². The van der Waals surface area contributed by atoms with Crippen LogP contribution in [0.5, 0.6) is 0 Å². The number of aromatic nitrogens is 2. The molecule has 2 bridgehead atoms. The number of fused-ring (bicyclic) bond motifs is 4. The molecule has 2 aromatic heterocycles. The Hall–Kier alpha value is -3.79. The topological polar surface area (TPSA) is 45.1 Å². The van der Waals surface area contributed by atoms with Gasteiger partial charge in [-0.1, -0.05) is 52.0 Å². The first kappa shape index (κ1) is 26.4. The fourth-order valence-corrected chi connectivity index (χ4v) is 6.86. The van der Waals surface area contributed by atoms with Gasteiger partial charge in [-0.25, -0.2) is 23.0 Å². The molecule has 2 aromatic carbocycles. The van der Waals surface area contributed by atoms with Gasteiger partial charge in [-0.2, -0.15) is 0 Å². The number of nitrogens with one attached hydrogen (secondary N) is 2. The minimum absolute atomic E-state index is 0.00958. The maximum Gasteiger partial charge on any atom is 0.223 e. The van der Waals surface area contributed by atoms with E-state index in [0.29, 0.717) is 28.9 Å². The summed E-state index contributed by atoms with van der Waals surface area (Å²) in [7, 11) is 0. The fourth-order valence-electron chi connectivity index (χ4n) is 6.86. The predicted molar refractivity (Wildman–Crippen MR) is 154 cm³/mol. The maximum absolute atomic E-state index is 16.5. The number of pyridine rings is 1. The van der Waals surface area contributed by atoms with Crippen LogP contribution in [-0.2, 0) is 5.41 Å². The minimum atomic E-state index is -0.740. The van der Waals surface area contributed by atoms with Gasteiger partial charge < -0.3 is 10.3 Å². The van der Waals surface area contributed by atoms with E-state index < -0.39 is 17.5 Å². The van der Waals surface area contributed by atoms with Crippen molar-refractivity contribution in [3.63, 3.8) is 0 Å². The van der Waals surface area contributed by atoms with Crippen LogP contribution in [0.2, 0.25) is 0 Å². The first-order valence-corrected chi connectivity index (χ1v) is 14.0. The smallest absolute Gasteiger partial charge is 0.223 e. The van der Waals surface area contributed by atoms with Gasteiger partial charge in [0.05, 0.1) is 17.8 Å². The van der Waals surface area contributed by atoms with Crippen LogP contribution in [0.15, 0.2) is 42.6 Å². The molecule has 0 unspecified atom stereocenters. The molecular formula is C33H33F3N4. The molecule has 4 nitrogen and oxygen atoms in total. The summed E-state index contributed by atoms with van der Waals surface area (Å²) in [6, 6.07) is 9.67. The standard InChI is InChI=1S/C33H33F3N4/c1-17-18-6-8-20(9-7-18)28(17)39-32-27(36)26(19-10-12-21(13-11-19)33(2,3)4)31(37-5)30(40-32)24-16-38-29-23(24)14-22(34)15-25(29)35/h10-18,20,28,38H,6-9H2,1-4H3,(H,39,40)/t17-,18?,20?,28+/m0/s1. The normalized spacial score (nSPS) is 22.4. The van der Waals surface area contributed by atoms with Gasteiger partial charge in [-0.05, 0) is 66.0 Å². The van der Waals surface area contributed by atoms with Crippen LogP contribution < -0.4 is 5.32 Å². The number of halogens is 3. The van der Waals surface area contributed by atoms with Crippen molar-refractivity contribution in [2.75, 3.05) is 5.32 Å². The SMILES string of the molecule is [C-]#[N+]c1c(-c2c[nH]c3c(F)cc(F)cc23)nc(N[C@H]2C3CCC(CC3)[C@@H]2C)c(F)c1-c1ccc(C(C)(C)C)cc1. The third kappa shape index (κ3) is 4.34. The van der Waals surface area contributed by atoms with Crippen molar-refractivity contribution in [2.24, 2.45) is 17.8 Å². The van der Waals surface area contributed by atoms with Crippen LogP contribution in [0.1, 0.15) is 58.9 Å². The van der Waals surface area contributed by atoms with Crippen LogP contribution in [0.4, 0.5) is 24.7 Å². The molecule has 3 aliphatic carbocycles. The number of nitrogens with zero attached hydrogens (tertiary/aromatic N) is 2. The Morgan fingerprint density at radius 2 is 1.68 bits per heavy atom. The molecule has 2 heterocycles. The Bertz CT molecular complexity index is 1630. The van der Waals surface area contributed by atoms with E-state index in [1.54, 1.807) is 0 Å². The highest BCUT2D eigenvalue weighted by atomic mass is 19.1. The van der Waals surface area contributed by atoms with E-state index in [0.717, 1.165) is 24.5 Å². The van der Waals surface area contributed by atoms with Gasteiger partial charge >= 0.3 is 0 Å². The maximum atomic E-state index is 16.5. The van der Waals surface area contributed by atoms with Gasteiger partial charge in [0.25, 0.3) is 0 Å². The zero-order chi connectivity index (χ0) is 28.3. The highest BCUT2D eigenvalue weighted by molar-refractivity contribution is 6.01. The Morgan fingerprint density at radius 3 is 2.30 bits per heavy atom. The van der Waals surface area contributed by atoms with Crippen molar-refractivity contribution < 1.29 is 13.2 Å². The number of hydrogen-bond donors (Lipinski definition) is 2. The van der Waals surface area contributed by atoms with Crippen molar-refractivity contribution >= 4 is 22.4 Å². The van der Waals surface area contributed by atoms with Crippen molar-refractivity contribution in [3.8, 4) is 22.4 Å². The number of aromatic amines is 1. The second kappa shape index (κ2) is 9.69. The average molecular weight is 543 g/mol. The molecule has 0 amide bonds. The van der Waals surface area contributed by atoms with Gasteiger partial charge in [-0.3, -0.25) is 0 Å². The second-order valence-corrected chi connectivity index (χ2v) is 12.5. The second-order valence-electron chi connectivity index (χ2n) is 12.5. The number of H-pyrrole nitrogens is 1. The lowest BCUT2D eigenvalue weighted by molar-refractivity contribution is 0.0926. The summed E-state index contributed by atoms with van der Waals surface area (Å²) in [5, 5.41) is 3.71.